The summed E-state index contributed by atoms with van der Waals surface area (Å²) in [5, 5.41) is 12.5. The SMILES string of the molecule is Cc1cc2c(C(N)=O)cccc2n1-c1nc(NCc2ccccc2)c2ccc(CNC3CCS(=O)(=O)C3)n2n1. The normalized spacial score (nSPS) is 16.7. The summed E-state index contributed by atoms with van der Waals surface area (Å²) >= 11 is 0. The third kappa shape index (κ3) is 4.86. The number of carbonyl (C=O) groups is 1. The molecule has 1 saturated heterocycles. The number of hydrogen-bond acceptors (Lipinski definition) is 7. The third-order valence-electron chi connectivity index (χ3n) is 7.18. The Morgan fingerprint density at radius 3 is 2.62 bits per heavy atom. The molecular formula is C28H29N7O3S. The molecule has 1 fully saturated rings. The number of fused-ring (bicyclic) bond motifs is 2. The summed E-state index contributed by atoms with van der Waals surface area (Å²) in [5.74, 6) is 0.968. The second kappa shape index (κ2) is 9.83. The van der Waals surface area contributed by atoms with Gasteiger partial charge in [-0.05, 0) is 49.2 Å². The Kier molecular flexibility index (Phi) is 6.32. The maximum atomic E-state index is 12.1. The Morgan fingerprint density at radius 2 is 1.87 bits per heavy atom. The molecule has 0 saturated carbocycles. The standard InChI is InChI=1S/C28H29N7O3S/c1-18-14-23-22(26(29)36)8-5-9-24(23)34(18)28-32-27(31-15-19-6-3-2-4-7-19)25-11-10-21(35(25)33-28)16-30-20-12-13-39(37,38)17-20/h2-11,14,20,30H,12-13,15-17H2,1H3,(H2,29,36)(H,31,32,33). The van der Waals surface area contributed by atoms with Gasteiger partial charge in [0.1, 0.15) is 5.52 Å². The number of carbonyl (C=O) groups excluding carboxylic acids is 1. The van der Waals surface area contributed by atoms with Gasteiger partial charge >= 0.3 is 0 Å². The van der Waals surface area contributed by atoms with Crippen molar-refractivity contribution in [2.45, 2.75) is 32.5 Å². The smallest absolute Gasteiger partial charge is 0.254 e. The monoisotopic (exact) mass is 543 g/mol. The van der Waals surface area contributed by atoms with Crippen molar-refractivity contribution < 1.29 is 13.2 Å². The molecule has 4 N–H and O–H groups in total. The van der Waals surface area contributed by atoms with E-state index in [0.717, 1.165) is 33.4 Å². The number of primary amides is 1. The molecular weight excluding hydrogens is 514 g/mol. The Hall–Kier alpha value is -4.22. The Morgan fingerprint density at radius 1 is 1.05 bits per heavy atom. The van der Waals surface area contributed by atoms with Crippen molar-refractivity contribution in [2.24, 2.45) is 5.73 Å². The fourth-order valence-corrected chi connectivity index (χ4v) is 6.93. The number of benzene rings is 2. The molecule has 1 atom stereocenters. The van der Waals surface area contributed by atoms with Gasteiger partial charge in [-0.1, -0.05) is 36.4 Å². The van der Waals surface area contributed by atoms with Crippen LogP contribution >= 0.6 is 0 Å². The van der Waals surface area contributed by atoms with Gasteiger partial charge in [-0.15, -0.1) is 5.10 Å². The lowest BCUT2D eigenvalue weighted by Crippen LogP contribution is -2.30. The zero-order valence-electron chi connectivity index (χ0n) is 21.5. The lowest BCUT2D eigenvalue weighted by molar-refractivity contribution is 0.100. The van der Waals surface area contributed by atoms with Gasteiger partial charge in [0.05, 0.1) is 22.7 Å². The van der Waals surface area contributed by atoms with E-state index in [2.05, 4.69) is 10.6 Å². The summed E-state index contributed by atoms with van der Waals surface area (Å²) in [5.41, 5.74) is 10.5. The lowest BCUT2D eigenvalue weighted by atomic mass is 10.1. The first kappa shape index (κ1) is 25.1. The minimum Gasteiger partial charge on any atom is -0.366 e. The zero-order valence-corrected chi connectivity index (χ0v) is 22.3. The molecule has 1 aliphatic heterocycles. The average molecular weight is 544 g/mol. The van der Waals surface area contributed by atoms with E-state index in [1.54, 1.807) is 12.1 Å². The summed E-state index contributed by atoms with van der Waals surface area (Å²) in [6, 6.07) is 21.3. The Labute approximate surface area is 225 Å². The minimum absolute atomic E-state index is 0.0830. The summed E-state index contributed by atoms with van der Waals surface area (Å²) in [4.78, 5) is 17.0. The highest BCUT2D eigenvalue weighted by Gasteiger charge is 2.27. The lowest BCUT2D eigenvalue weighted by Gasteiger charge is -2.14. The molecule has 0 radical (unpaired) electrons. The Bertz CT molecular complexity index is 1810. The first-order valence-corrected chi connectivity index (χ1v) is 14.6. The highest BCUT2D eigenvalue weighted by atomic mass is 32.2. The van der Waals surface area contributed by atoms with Gasteiger partial charge in [-0.2, -0.15) is 4.98 Å². The van der Waals surface area contributed by atoms with Crippen LogP contribution in [-0.4, -0.2) is 51.0 Å². The molecule has 0 spiro atoms. The fraction of sp³-hybridized carbons (Fsp3) is 0.250. The van der Waals surface area contributed by atoms with Crippen LogP contribution in [-0.2, 0) is 22.9 Å². The van der Waals surface area contributed by atoms with Crippen LogP contribution in [0.3, 0.4) is 0 Å². The molecule has 200 valence electrons. The molecule has 2 aromatic carbocycles. The molecule has 5 aromatic rings. The van der Waals surface area contributed by atoms with E-state index in [-0.39, 0.29) is 17.5 Å². The fourth-order valence-electron chi connectivity index (χ4n) is 5.23. The zero-order chi connectivity index (χ0) is 27.1. The maximum Gasteiger partial charge on any atom is 0.254 e. The summed E-state index contributed by atoms with van der Waals surface area (Å²) in [6.45, 7) is 2.97. The van der Waals surface area contributed by atoms with Crippen LogP contribution in [0.2, 0.25) is 0 Å². The van der Waals surface area contributed by atoms with E-state index in [1.807, 2.05) is 70.6 Å². The number of hydrogen-bond donors (Lipinski definition) is 3. The van der Waals surface area contributed by atoms with Gasteiger partial charge in [0, 0.05) is 35.8 Å². The number of aromatic nitrogens is 4. The highest BCUT2D eigenvalue weighted by Crippen LogP contribution is 2.27. The number of sulfone groups is 1. The first-order valence-electron chi connectivity index (χ1n) is 12.8. The van der Waals surface area contributed by atoms with E-state index in [0.29, 0.717) is 36.8 Å². The summed E-state index contributed by atoms with van der Waals surface area (Å²) in [6.07, 6.45) is 0.604. The van der Waals surface area contributed by atoms with E-state index in [4.69, 9.17) is 15.8 Å². The van der Waals surface area contributed by atoms with E-state index >= 15 is 0 Å². The van der Waals surface area contributed by atoms with Crippen LogP contribution < -0.4 is 16.4 Å². The second-order valence-corrected chi connectivity index (χ2v) is 12.2. The molecule has 0 bridgehead atoms. The molecule has 1 unspecified atom stereocenters. The number of nitrogens with zero attached hydrogens (tertiary/aromatic N) is 4. The molecule has 10 nitrogen and oxygen atoms in total. The van der Waals surface area contributed by atoms with Crippen molar-refractivity contribution in [1.82, 2.24) is 24.5 Å². The molecule has 0 aliphatic carbocycles. The molecule has 1 amide bonds. The van der Waals surface area contributed by atoms with Crippen LogP contribution in [0, 0.1) is 6.92 Å². The predicted molar refractivity (Wildman–Crippen MR) is 151 cm³/mol. The summed E-state index contributed by atoms with van der Waals surface area (Å²) < 4.78 is 27.6. The molecule has 11 heteroatoms. The number of aryl methyl sites for hydroxylation is 1. The maximum absolute atomic E-state index is 12.1. The highest BCUT2D eigenvalue weighted by molar-refractivity contribution is 7.91. The van der Waals surface area contributed by atoms with Crippen molar-refractivity contribution in [2.75, 3.05) is 16.8 Å². The van der Waals surface area contributed by atoms with Gasteiger partial charge in [0.15, 0.2) is 15.7 Å². The third-order valence-corrected chi connectivity index (χ3v) is 8.95. The predicted octanol–water partition coefficient (Wildman–Crippen LogP) is 2.97. The Balaban J connectivity index is 1.44. The minimum atomic E-state index is -2.98. The quantitative estimate of drug-likeness (QED) is 0.274. The van der Waals surface area contributed by atoms with Crippen molar-refractivity contribution in [3.8, 4) is 5.95 Å². The molecule has 4 heterocycles. The summed E-state index contributed by atoms with van der Waals surface area (Å²) in [7, 11) is -2.98. The molecule has 3 aromatic heterocycles. The largest absolute Gasteiger partial charge is 0.366 e. The van der Waals surface area contributed by atoms with E-state index in [9.17, 15) is 13.2 Å². The van der Waals surface area contributed by atoms with Gasteiger partial charge in [-0.25, -0.2) is 12.9 Å². The van der Waals surface area contributed by atoms with Gasteiger partial charge in [0.2, 0.25) is 5.91 Å². The second-order valence-electron chi connectivity index (χ2n) is 9.93. The van der Waals surface area contributed by atoms with Crippen molar-refractivity contribution >= 4 is 38.0 Å². The molecule has 6 rings (SSSR count). The van der Waals surface area contributed by atoms with Crippen LogP contribution in [0.15, 0.2) is 66.7 Å². The topological polar surface area (TPSA) is 136 Å². The van der Waals surface area contributed by atoms with E-state index < -0.39 is 15.7 Å². The van der Waals surface area contributed by atoms with Gasteiger partial charge in [0.25, 0.3) is 5.95 Å². The first-order chi connectivity index (χ1) is 18.8. The van der Waals surface area contributed by atoms with E-state index in [1.165, 1.54) is 0 Å². The average Bonchev–Trinajstić information content (AvgIpc) is 3.59. The van der Waals surface area contributed by atoms with Gasteiger partial charge in [-0.3, -0.25) is 9.36 Å². The molecule has 1 aliphatic rings. The van der Waals surface area contributed by atoms with Crippen molar-refractivity contribution in [1.29, 1.82) is 0 Å². The van der Waals surface area contributed by atoms with Crippen LogP contribution in [0.5, 0.6) is 0 Å². The van der Waals surface area contributed by atoms with Crippen molar-refractivity contribution in [3.63, 3.8) is 0 Å². The van der Waals surface area contributed by atoms with Crippen LogP contribution in [0.4, 0.5) is 5.82 Å². The number of amides is 1. The van der Waals surface area contributed by atoms with Crippen molar-refractivity contribution in [3.05, 3.63) is 89.2 Å². The van der Waals surface area contributed by atoms with Crippen LogP contribution in [0.1, 0.15) is 33.7 Å². The number of nitrogens with two attached hydrogens (primary N) is 1. The van der Waals surface area contributed by atoms with Crippen LogP contribution in [0.25, 0.3) is 22.4 Å². The van der Waals surface area contributed by atoms with Gasteiger partial charge < -0.3 is 16.4 Å². The number of anilines is 1. The molecule has 39 heavy (non-hydrogen) atoms. The number of nitrogens with one attached hydrogen (secondary N) is 2. The number of rotatable bonds is 8.